The summed E-state index contributed by atoms with van der Waals surface area (Å²) in [5.74, 6) is 0.0280. The molecule has 2 fully saturated rings. The zero-order valence-electron chi connectivity index (χ0n) is 14.1. The predicted octanol–water partition coefficient (Wildman–Crippen LogP) is 3.55. The van der Waals surface area contributed by atoms with E-state index < -0.39 is 0 Å². The molecule has 4 heteroatoms. The van der Waals surface area contributed by atoms with Crippen LogP contribution in [0.5, 0.6) is 0 Å². The maximum atomic E-state index is 12.6. The summed E-state index contributed by atoms with van der Waals surface area (Å²) >= 11 is 0. The van der Waals surface area contributed by atoms with Crippen LogP contribution in [0.1, 0.15) is 43.0 Å². The largest absolute Gasteiger partial charge is 0.378 e. The standard InChI is InChI=1S/C20H24N2O2/c1-2-24-18-14-17(20(18)10-5-11-20)21-19(23)15-6-8-16(9-7-15)22-12-3-4-13-22/h3-4,6-9,12-13,17-18H,2,5,10-11,14H2,1H3,(H,21,23)/t17-,18-/m1/s1. The van der Waals surface area contributed by atoms with Crippen LogP contribution in [0.4, 0.5) is 0 Å². The number of nitrogens with one attached hydrogen (secondary N) is 1. The number of nitrogens with zero attached hydrogens (tertiary/aromatic N) is 1. The summed E-state index contributed by atoms with van der Waals surface area (Å²) in [5.41, 5.74) is 1.99. The Bertz CT molecular complexity index is 702. The van der Waals surface area contributed by atoms with E-state index in [1.807, 2.05) is 60.3 Å². The molecule has 0 unspecified atom stereocenters. The van der Waals surface area contributed by atoms with Crippen molar-refractivity contribution < 1.29 is 9.53 Å². The van der Waals surface area contributed by atoms with E-state index >= 15 is 0 Å². The first-order chi connectivity index (χ1) is 11.7. The van der Waals surface area contributed by atoms with Gasteiger partial charge in [-0.15, -0.1) is 0 Å². The average Bonchev–Trinajstić information content (AvgIpc) is 3.06. The van der Waals surface area contributed by atoms with Crippen LogP contribution in [-0.4, -0.2) is 29.2 Å². The molecule has 2 aliphatic carbocycles. The Balaban J connectivity index is 1.42. The molecule has 126 valence electrons. The number of benzene rings is 1. The number of aromatic nitrogens is 1. The van der Waals surface area contributed by atoms with Crippen LogP contribution in [0.3, 0.4) is 0 Å². The van der Waals surface area contributed by atoms with Gasteiger partial charge < -0.3 is 14.6 Å². The normalized spacial score (nSPS) is 24.2. The fourth-order valence-electron chi connectivity index (χ4n) is 4.17. The van der Waals surface area contributed by atoms with Gasteiger partial charge in [-0.1, -0.05) is 6.42 Å². The zero-order valence-corrected chi connectivity index (χ0v) is 14.1. The third-order valence-corrected chi connectivity index (χ3v) is 5.77. The zero-order chi connectivity index (χ0) is 16.6. The fraction of sp³-hybridized carbons (Fsp3) is 0.450. The Kier molecular flexibility index (Phi) is 3.93. The van der Waals surface area contributed by atoms with Crippen molar-refractivity contribution in [3.8, 4) is 5.69 Å². The molecule has 2 aliphatic rings. The summed E-state index contributed by atoms with van der Waals surface area (Å²) in [6.07, 6.45) is 8.88. The summed E-state index contributed by atoms with van der Waals surface area (Å²) in [5, 5.41) is 3.24. The van der Waals surface area contributed by atoms with Crippen molar-refractivity contribution >= 4 is 5.91 Å². The molecule has 2 aromatic rings. The summed E-state index contributed by atoms with van der Waals surface area (Å²) in [7, 11) is 0. The quantitative estimate of drug-likeness (QED) is 0.914. The SMILES string of the molecule is CCO[C@@H]1C[C@@H](NC(=O)c2ccc(-n3cccc3)cc2)C12CCC2. The second kappa shape index (κ2) is 6.10. The molecule has 0 aliphatic heterocycles. The lowest BCUT2D eigenvalue weighted by atomic mass is 9.51. The van der Waals surface area contributed by atoms with Crippen molar-refractivity contribution in [1.82, 2.24) is 9.88 Å². The van der Waals surface area contributed by atoms with Gasteiger partial charge in [0.15, 0.2) is 0 Å². The van der Waals surface area contributed by atoms with Crippen LogP contribution >= 0.6 is 0 Å². The third-order valence-electron chi connectivity index (χ3n) is 5.77. The number of carbonyl (C=O) groups is 1. The van der Waals surface area contributed by atoms with E-state index in [-0.39, 0.29) is 17.4 Å². The number of ether oxygens (including phenoxy) is 1. The molecule has 0 bridgehead atoms. The molecule has 1 aromatic heterocycles. The Morgan fingerprint density at radius 2 is 1.96 bits per heavy atom. The first-order valence-corrected chi connectivity index (χ1v) is 8.89. The van der Waals surface area contributed by atoms with E-state index in [2.05, 4.69) is 5.32 Å². The molecule has 2 saturated carbocycles. The van der Waals surface area contributed by atoms with E-state index in [0.29, 0.717) is 6.10 Å². The molecule has 0 radical (unpaired) electrons. The summed E-state index contributed by atoms with van der Waals surface area (Å²) in [4.78, 5) is 12.6. The van der Waals surface area contributed by atoms with Crippen molar-refractivity contribution in [2.45, 2.75) is 44.8 Å². The van der Waals surface area contributed by atoms with E-state index in [4.69, 9.17) is 4.74 Å². The Morgan fingerprint density at radius 1 is 1.25 bits per heavy atom. The van der Waals surface area contributed by atoms with Gasteiger partial charge in [-0.2, -0.15) is 0 Å². The maximum Gasteiger partial charge on any atom is 0.251 e. The third kappa shape index (κ3) is 2.46. The van der Waals surface area contributed by atoms with Gasteiger partial charge in [-0.3, -0.25) is 4.79 Å². The number of hydrogen-bond acceptors (Lipinski definition) is 2. The number of rotatable bonds is 5. The minimum Gasteiger partial charge on any atom is -0.378 e. The van der Waals surface area contributed by atoms with Crippen molar-refractivity contribution in [1.29, 1.82) is 0 Å². The second-order valence-corrected chi connectivity index (χ2v) is 6.93. The lowest BCUT2D eigenvalue weighted by molar-refractivity contribution is -0.169. The highest BCUT2D eigenvalue weighted by Gasteiger charge is 2.59. The minimum absolute atomic E-state index is 0.0280. The lowest BCUT2D eigenvalue weighted by Gasteiger charge is -2.61. The van der Waals surface area contributed by atoms with Crippen LogP contribution < -0.4 is 5.32 Å². The molecule has 1 amide bonds. The summed E-state index contributed by atoms with van der Waals surface area (Å²) in [6.45, 7) is 2.80. The average molecular weight is 324 g/mol. The van der Waals surface area contributed by atoms with E-state index in [9.17, 15) is 4.79 Å². The smallest absolute Gasteiger partial charge is 0.251 e. The van der Waals surface area contributed by atoms with Crippen molar-refractivity contribution in [2.75, 3.05) is 6.61 Å². The van der Waals surface area contributed by atoms with Gasteiger partial charge in [-0.25, -0.2) is 0 Å². The molecular weight excluding hydrogens is 300 g/mol. The van der Waals surface area contributed by atoms with E-state index in [1.54, 1.807) is 0 Å². The van der Waals surface area contributed by atoms with Crippen LogP contribution in [0.2, 0.25) is 0 Å². The van der Waals surface area contributed by atoms with Gasteiger partial charge in [0, 0.05) is 41.7 Å². The summed E-state index contributed by atoms with van der Waals surface area (Å²) in [6, 6.07) is 12.0. The molecule has 1 spiro atoms. The molecular formula is C20H24N2O2. The monoisotopic (exact) mass is 324 g/mol. The first-order valence-electron chi connectivity index (χ1n) is 8.89. The predicted molar refractivity (Wildman–Crippen MR) is 93.3 cm³/mol. The molecule has 1 heterocycles. The minimum atomic E-state index is 0.0280. The fourth-order valence-corrected chi connectivity index (χ4v) is 4.17. The maximum absolute atomic E-state index is 12.6. The highest BCUT2D eigenvalue weighted by molar-refractivity contribution is 5.94. The first kappa shape index (κ1) is 15.5. The molecule has 4 rings (SSSR count). The van der Waals surface area contributed by atoms with Crippen LogP contribution in [0.25, 0.3) is 5.69 Å². The molecule has 1 aromatic carbocycles. The summed E-state index contributed by atoms with van der Waals surface area (Å²) < 4.78 is 7.89. The second-order valence-electron chi connectivity index (χ2n) is 6.93. The van der Waals surface area contributed by atoms with Gasteiger partial charge in [0.1, 0.15) is 0 Å². The van der Waals surface area contributed by atoms with Gasteiger partial charge >= 0.3 is 0 Å². The van der Waals surface area contributed by atoms with Crippen molar-refractivity contribution in [3.05, 3.63) is 54.4 Å². The van der Waals surface area contributed by atoms with Crippen molar-refractivity contribution in [2.24, 2.45) is 5.41 Å². The number of amides is 1. The molecule has 1 N–H and O–H groups in total. The van der Waals surface area contributed by atoms with E-state index in [1.165, 1.54) is 19.3 Å². The topological polar surface area (TPSA) is 43.3 Å². The Labute approximate surface area is 142 Å². The number of carbonyl (C=O) groups excluding carboxylic acids is 1. The van der Waals surface area contributed by atoms with Gasteiger partial charge in [0.25, 0.3) is 5.91 Å². The van der Waals surface area contributed by atoms with Crippen molar-refractivity contribution in [3.63, 3.8) is 0 Å². The Morgan fingerprint density at radius 3 is 2.54 bits per heavy atom. The highest BCUT2D eigenvalue weighted by Crippen LogP contribution is 2.57. The van der Waals surface area contributed by atoms with Gasteiger partial charge in [0.2, 0.25) is 0 Å². The molecule has 24 heavy (non-hydrogen) atoms. The Hall–Kier alpha value is -2.07. The lowest BCUT2D eigenvalue weighted by Crippen LogP contribution is -2.67. The molecule has 0 saturated heterocycles. The van der Waals surface area contributed by atoms with Crippen LogP contribution in [-0.2, 0) is 4.74 Å². The molecule has 2 atom stereocenters. The number of hydrogen-bond donors (Lipinski definition) is 1. The highest BCUT2D eigenvalue weighted by atomic mass is 16.5. The molecule has 4 nitrogen and oxygen atoms in total. The van der Waals surface area contributed by atoms with Gasteiger partial charge in [-0.05, 0) is 62.6 Å². The van der Waals surface area contributed by atoms with E-state index in [0.717, 1.165) is 24.3 Å². The van der Waals surface area contributed by atoms with Gasteiger partial charge in [0.05, 0.1) is 6.10 Å². The van der Waals surface area contributed by atoms with Crippen LogP contribution in [0.15, 0.2) is 48.8 Å². The van der Waals surface area contributed by atoms with Crippen LogP contribution in [0, 0.1) is 5.41 Å².